The first-order chi connectivity index (χ1) is 11.8. The molecular weight excluding hydrogens is 344 g/mol. The average molecular weight is 364 g/mol. The number of hydrogen-bond donors (Lipinski definition) is 2. The molecule has 9 heteroatoms. The van der Waals surface area contributed by atoms with Crippen LogP contribution in [0.1, 0.15) is 24.6 Å². The van der Waals surface area contributed by atoms with Crippen LogP contribution in [-0.4, -0.2) is 43.3 Å². The van der Waals surface area contributed by atoms with Crippen molar-refractivity contribution in [3.63, 3.8) is 0 Å². The van der Waals surface area contributed by atoms with Crippen LogP contribution in [0.4, 0.5) is 4.79 Å². The molecular formula is C16H20N4O4S. The molecule has 0 spiro atoms. The highest BCUT2D eigenvalue weighted by molar-refractivity contribution is 7.86. The summed E-state index contributed by atoms with van der Waals surface area (Å²) in [5, 5.41) is 3.27. The molecule has 0 aliphatic carbocycles. The number of carbonyl (C=O) groups excluding carboxylic acids is 1. The molecule has 1 amide bonds. The van der Waals surface area contributed by atoms with E-state index in [-0.39, 0.29) is 11.7 Å². The molecule has 1 saturated heterocycles. The van der Waals surface area contributed by atoms with E-state index in [2.05, 4.69) is 10.3 Å². The van der Waals surface area contributed by atoms with Crippen LogP contribution in [0.3, 0.4) is 0 Å². The Bertz CT molecular complexity index is 885. The fourth-order valence-electron chi connectivity index (χ4n) is 2.98. The number of piperidine rings is 1. The van der Waals surface area contributed by atoms with E-state index < -0.39 is 16.1 Å². The number of benzene rings is 1. The Balaban J connectivity index is 2.05. The maximum absolute atomic E-state index is 11.8. The van der Waals surface area contributed by atoms with Crippen molar-refractivity contribution in [1.82, 2.24) is 14.9 Å². The molecule has 3 N–H and O–H groups in total. The van der Waals surface area contributed by atoms with Crippen LogP contribution in [0.2, 0.25) is 0 Å². The fourth-order valence-corrected chi connectivity index (χ4v) is 3.45. The van der Waals surface area contributed by atoms with E-state index in [1.54, 1.807) is 24.3 Å². The van der Waals surface area contributed by atoms with Gasteiger partial charge in [-0.2, -0.15) is 8.42 Å². The molecule has 1 aromatic heterocycles. The summed E-state index contributed by atoms with van der Waals surface area (Å²) in [6, 6.07) is 6.04. The number of amides is 1. The van der Waals surface area contributed by atoms with Crippen LogP contribution < -0.4 is 15.2 Å². The number of rotatable bonds is 4. The van der Waals surface area contributed by atoms with Crippen LogP contribution in [-0.2, 0) is 10.1 Å². The standard InChI is InChI=1S/C16H20N4O4S/c1-25(22,23)24-14-5-3-2-4-12(14)13-10-20(16(17)21)15(19-13)11-6-8-18-9-7-11/h2-5,10-11,18H,6-9H2,1H3,(H2,17,21). The third-order valence-electron chi connectivity index (χ3n) is 4.08. The zero-order valence-electron chi connectivity index (χ0n) is 13.8. The summed E-state index contributed by atoms with van der Waals surface area (Å²) in [7, 11) is -3.68. The van der Waals surface area contributed by atoms with E-state index in [0.717, 1.165) is 32.2 Å². The first-order valence-corrected chi connectivity index (χ1v) is 9.75. The molecule has 1 aliphatic rings. The number of nitrogens with two attached hydrogens (primary N) is 1. The number of nitrogens with one attached hydrogen (secondary N) is 1. The quantitative estimate of drug-likeness (QED) is 0.790. The minimum absolute atomic E-state index is 0.116. The molecule has 0 bridgehead atoms. The highest BCUT2D eigenvalue weighted by atomic mass is 32.2. The molecule has 0 unspecified atom stereocenters. The minimum Gasteiger partial charge on any atom is -0.382 e. The molecule has 1 fully saturated rings. The van der Waals surface area contributed by atoms with E-state index in [1.165, 1.54) is 10.8 Å². The monoisotopic (exact) mass is 364 g/mol. The lowest BCUT2D eigenvalue weighted by molar-refractivity contribution is 0.248. The molecule has 1 aliphatic heterocycles. The van der Waals surface area contributed by atoms with Crippen molar-refractivity contribution in [2.45, 2.75) is 18.8 Å². The van der Waals surface area contributed by atoms with Gasteiger partial charge in [0.1, 0.15) is 5.82 Å². The molecule has 2 heterocycles. The predicted molar refractivity (Wildman–Crippen MR) is 93.0 cm³/mol. The Hall–Kier alpha value is -2.39. The Morgan fingerprint density at radius 3 is 2.64 bits per heavy atom. The van der Waals surface area contributed by atoms with Gasteiger partial charge in [0, 0.05) is 17.7 Å². The number of nitrogens with zero attached hydrogens (tertiary/aromatic N) is 2. The van der Waals surface area contributed by atoms with Gasteiger partial charge in [0.15, 0.2) is 5.75 Å². The van der Waals surface area contributed by atoms with Crippen molar-refractivity contribution in [3.05, 3.63) is 36.3 Å². The van der Waals surface area contributed by atoms with Gasteiger partial charge in [-0.3, -0.25) is 4.57 Å². The summed E-state index contributed by atoms with van der Waals surface area (Å²) in [6.45, 7) is 1.69. The third kappa shape index (κ3) is 3.99. The van der Waals surface area contributed by atoms with E-state index >= 15 is 0 Å². The molecule has 0 saturated carbocycles. The smallest absolute Gasteiger partial charge is 0.324 e. The largest absolute Gasteiger partial charge is 0.382 e. The van der Waals surface area contributed by atoms with Gasteiger partial charge in [-0.05, 0) is 38.1 Å². The Morgan fingerprint density at radius 1 is 1.32 bits per heavy atom. The maximum atomic E-state index is 11.8. The molecule has 134 valence electrons. The number of aromatic nitrogens is 2. The van der Waals surface area contributed by atoms with E-state index in [0.29, 0.717) is 17.1 Å². The fraction of sp³-hybridized carbons (Fsp3) is 0.375. The second kappa shape index (κ2) is 6.85. The van der Waals surface area contributed by atoms with Crippen molar-refractivity contribution in [2.75, 3.05) is 19.3 Å². The lowest BCUT2D eigenvalue weighted by Gasteiger charge is -2.22. The van der Waals surface area contributed by atoms with Crippen molar-refractivity contribution in [2.24, 2.45) is 5.73 Å². The lowest BCUT2D eigenvalue weighted by atomic mass is 9.97. The van der Waals surface area contributed by atoms with Crippen molar-refractivity contribution in [3.8, 4) is 17.0 Å². The van der Waals surface area contributed by atoms with Crippen LogP contribution in [0.25, 0.3) is 11.3 Å². The van der Waals surface area contributed by atoms with Gasteiger partial charge in [-0.1, -0.05) is 12.1 Å². The summed E-state index contributed by atoms with van der Waals surface area (Å²) in [6.07, 6.45) is 4.22. The zero-order chi connectivity index (χ0) is 18.0. The van der Waals surface area contributed by atoms with Gasteiger partial charge in [-0.15, -0.1) is 0 Å². The Morgan fingerprint density at radius 2 is 2.00 bits per heavy atom. The van der Waals surface area contributed by atoms with Gasteiger partial charge in [0.25, 0.3) is 0 Å². The molecule has 3 rings (SSSR count). The summed E-state index contributed by atoms with van der Waals surface area (Å²) in [5.41, 5.74) is 6.43. The summed E-state index contributed by atoms with van der Waals surface area (Å²) < 4.78 is 29.3. The average Bonchev–Trinajstić information content (AvgIpc) is 3.00. The second-order valence-electron chi connectivity index (χ2n) is 6.00. The molecule has 2 aromatic rings. The Kier molecular flexibility index (Phi) is 4.78. The maximum Gasteiger partial charge on any atom is 0.324 e. The molecule has 25 heavy (non-hydrogen) atoms. The molecule has 0 atom stereocenters. The van der Waals surface area contributed by atoms with Crippen molar-refractivity contribution < 1.29 is 17.4 Å². The number of imidazole rings is 1. The SMILES string of the molecule is CS(=O)(=O)Oc1ccccc1-c1cn(C(N)=O)c(C2CCNCC2)n1. The van der Waals surface area contributed by atoms with E-state index in [4.69, 9.17) is 9.92 Å². The third-order valence-corrected chi connectivity index (χ3v) is 4.56. The number of para-hydroxylation sites is 1. The van der Waals surface area contributed by atoms with Crippen molar-refractivity contribution in [1.29, 1.82) is 0 Å². The van der Waals surface area contributed by atoms with Gasteiger partial charge in [0.2, 0.25) is 0 Å². The second-order valence-corrected chi connectivity index (χ2v) is 7.58. The van der Waals surface area contributed by atoms with Gasteiger partial charge in [-0.25, -0.2) is 9.78 Å². The Labute approximate surface area is 146 Å². The van der Waals surface area contributed by atoms with Crippen LogP contribution in [0, 0.1) is 0 Å². The van der Waals surface area contributed by atoms with Crippen LogP contribution in [0.15, 0.2) is 30.5 Å². The van der Waals surface area contributed by atoms with Crippen LogP contribution >= 0.6 is 0 Å². The van der Waals surface area contributed by atoms with Gasteiger partial charge >= 0.3 is 16.1 Å². The summed E-state index contributed by atoms with van der Waals surface area (Å²) >= 11 is 0. The summed E-state index contributed by atoms with van der Waals surface area (Å²) in [5.74, 6) is 0.875. The highest BCUT2D eigenvalue weighted by Crippen LogP contribution is 2.33. The number of primary amides is 1. The number of hydrogen-bond acceptors (Lipinski definition) is 6. The number of carbonyl (C=O) groups is 1. The molecule has 8 nitrogen and oxygen atoms in total. The predicted octanol–water partition coefficient (Wildman–Crippen LogP) is 1.28. The van der Waals surface area contributed by atoms with Crippen LogP contribution in [0.5, 0.6) is 5.75 Å². The van der Waals surface area contributed by atoms with Gasteiger partial charge < -0.3 is 15.2 Å². The topological polar surface area (TPSA) is 116 Å². The summed E-state index contributed by atoms with van der Waals surface area (Å²) in [4.78, 5) is 16.4. The normalized spacial score (nSPS) is 15.9. The zero-order valence-corrected chi connectivity index (χ0v) is 14.6. The molecule has 1 aromatic carbocycles. The van der Waals surface area contributed by atoms with Gasteiger partial charge in [0.05, 0.1) is 11.9 Å². The van der Waals surface area contributed by atoms with E-state index in [1.807, 2.05) is 0 Å². The first-order valence-electron chi connectivity index (χ1n) is 7.94. The molecule has 0 radical (unpaired) electrons. The highest BCUT2D eigenvalue weighted by Gasteiger charge is 2.24. The first kappa shape index (κ1) is 17.4. The van der Waals surface area contributed by atoms with Crippen molar-refractivity contribution >= 4 is 16.1 Å². The lowest BCUT2D eigenvalue weighted by Crippen LogP contribution is -2.30. The van der Waals surface area contributed by atoms with E-state index in [9.17, 15) is 13.2 Å². The minimum atomic E-state index is -3.68.